The second kappa shape index (κ2) is 18.4. The van der Waals surface area contributed by atoms with Gasteiger partial charge in [-0.05, 0) is 71.8 Å². The van der Waals surface area contributed by atoms with Crippen LogP contribution >= 0.6 is 0 Å². The number of rotatable bonds is 19. The molecule has 1 saturated carbocycles. The van der Waals surface area contributed by atoms with Gasteiger partial charge >= 0.3 is 11.9 Å². The fourth-order valence-electron chi connectivity index (χ4n) is 8.59. The molecule has 1 N–H and O–H groups in total. The number of ether oxygens (including phenoxy) is 7. The Bertz CT molecular complexity index is 1750. The number of carboxylic acids is 1. The van der Waals surface area contributed by atoms with Gasteiger partial charge in [0.25, 0.3) is 0 Å². The number of nitrogens with zero attached hydrogens (tertiary/aromatic N) is 2. The second-order valence-electron chi connectivity index (χ2n) is 14.9. The molecule has 0 radical (unpaired) electrons. The van der Waals surface area contributed by atoms with Crippen LogP contribution in [-0.4, -0.2) is 121 Å². The summed E-state index contributed by atoms with van der Waals surface area (Å²) in [6, 6.07) is 16.3. The Morgan fingerprint density at radius 3 is 2.20 bits per heavy atom. The van der Waals surface area contributed by atoms with Crippen LogP contribution in [0.1, 0.15) is 60.6 Å². The largest absolute Gasteiger partial charge is 0.493 e. The van der Waals surface area contributed by atoms with E-state index >= 15 is 4.79 Å². The number of aryl methyl sites for hydroxylation is 1. The minimum atomic E-state index is -1.01. The van der Waals surface area contributed by atoms with Gasteiger partial charge in [0.15, 0.2) is 23.0 Å². The van der Waals surface area contributed by atoms with Gasteiger partial charge in [-0.1, -0.05) is 31.0 Å². The van der Waals surface area contributed by atoms with Crippen LogP contribution < -0.4 is 28.4 Å². The molecular formula is C43H57N2O10+. The van der Waals surface area contributed by atoms with Crippen molar-refractivity contribution in [2.24, 2.45) is 5.92 Å². The van der Waals surface area contributed by atoms with Gasteiger partial charge in [0.05, 0.1) is 73.7 Å². The summed E-state index contributed by atoms with van der Waals surface area (Å²) in [7, 11) is 7.82. The number of morpholine rings is 1. The first-order valence-corrected chi connectivity index (χ1v) is 19.4. The standard InChI is InChI=1S/C43H56N2O10/c1-49-36-14-13-31(26-37(36)50-2)34-15-20-45(40(34)43(47)48,19-7-9-29-8-6-10-33(24-29)55-23-18-44-16-21-54-22-17-44)42(46)35(25-30-11-12-30)32-27-38(51-3)41(53-5)39(28-32)52-4/h6,8,10,13-14,24,26-28,30,34-35,40H,7,9,11-12,15-23,25H2,1-5H3/p+1/t34?,35-,40+,45-/m0/s1. The number of hydrogen-bond donors (Lipinski definition) is 1. The molecule has 2 saturated heterocycles. The molecule has 3 aliphatic rings. The fourth-order valence-corrected chi connectivity index (χ4v) is 8.59. The Hall–Kier alpha value is -4.52. The van der Waals surface area contributed by atoms with Gasteiger partial charge in [-0.2, -0.15) is 0 Å². The zero-order valence-electron chi connectivity index (χ0n) is 32.9. The van der Waals surface area contributed by atoms with Gasteiger partial charge in [-0.15, -0.1) is 0 Å². The fraction of sp³-hybridized carbons (Fsp3) is 0.535. The summed E-state index contributed by atoms with van der Waals surface area (Å²) in [6.45, 7) is 5.50. The molecule has 0 aromatic heterocycles. The van der Waals surface area contributed by atoms with E-state index in [0.717, 1.165) is 68.1 Å². The van der Waals surface area contributed by atoms with Crippen molar-refractivity contribution in [1.82, 2.24) is 4.90 Å². The van der Waals surface area contributed by atoms with Gasteiger partial charge in [-0.3, -0.25) is 4.90 Å². The highest BCUT2D eigenvalue weighted by atomic mass is 16.5. The number of quaternary nitrogens is 1. The lowest BCUT2D eigenvalue weighted by Gasteiger charge is -2.39. The van der Waals surface area contributed by atoms with Crippen molar-refractivity contribution in [2.45, 2.75) is 56.4 Å². The highest BCUT2D eigenvalue weighted by Crippen LogP contribution is 2.49. The molecule has 0 spiro atoms. The lowest BCUT2D eigenvalue weighted by Crippen LogP contribution is -2.61. The van der Waals surface area contributed by atoms with E-state index in [1.165, 1.54) is 0 Å². The van der Waals surface area contributed by atoms with Crippen LogP contribution in [0.15, 0.2) is 54.6 Å². The number of carbonyl (C=O) groups excluding carboxylic acids is 1. The summed E-state index contributed by atoms with van der Waals surface area (Å²) in [5, 5.41) is 11.2. The topological polar surface area (TPSA) is 122 Å². The van der Waals surface area contributed by atoms with Crippen molar-refractivity contribution in [2.75, 3.05) is 88.1 Å². The molecule has 1 amide bonds. The molecule has 12 heteroatoms. The third-order valence-electron chi connectivity index (χ3n) is 11.6. The molecule has 1 unspecified atom stereocenters. The van der Waals surface area contributed by atoms with E-state index in [9.17, 15) is 9.90 Å². The molecule has 6 rings (SSSR count). The molecule has 3 aromatic carbocycles. The van der Waals surface area contributed by atoms with E-state index in [-0.39, 0.29) is 10.4 Å². The van der Waals surface area contributed by atoms with Crippen LogP contribution in [-0.2, 0) is 20.7 Å². The van der Waals surface area contributed by atoms with Gasteiger partial charge in [0.1, 0.15) is 12.4 Å². The number of carboxylic acid groups (broad SMARTS) is 1. The van der Waals surface area contributed by atoms with Crippen LogP contribution in [0.3, 0.4) is 0 Å². The van der Waals surface area contributed by atoms with E-state index in [1.54, 1.807) is 35.5 Å². The Balaban J connectivity index is 1.32. The van der Waals surface area contributed by atoms with E-state index < -0.39 is 23.8 Å². The van der Waals surface area contributed by atoms with Gasteiger partial charge in [-0.25, -0.2) is 14.1 Å². The average molecular weight is 762 g/mol. The van der Waals surface area contributed by atoms with Crippen LogP contribution in [0.2, 0.25) is 0 Å². The summed E-state index contributed by atoms with van der Waals surface area (Å²) in [5.74, 6) is 1.56. The average Bonchev–Trinajstić information content (AvgIpc) is 3.96. The highest BCUT2D eigenvalue weighted by Gasteiger charge is 2.59. The predicted octanol–water partition coefficient (Wildman–Crippen LogP) is 5.94. The summed E-state index contributed by atoms with van der Waals surface area (Å²) in [4.78, 5) is 31.6. The molecule has 298 valence electrons. The number of amides is 1. The van der Waals surface area contributed by atoms with Crippen LogP contribution in [0.5, 0.6) is 34.5 Å². The normalized spacial score (nSPS) is 21.8. The van der Waals surface area contributed by atoms with Crippen LogP contribution in [0.25, 0.3) is 0 Å². The first-order valence-electron chi connectivity index (χ1n) is 19.4. The third-order valence-corrected chi connectivity index (χ3v) is 11.6. The summed E-state index contributed by atoms with van der Waals surface area (Å²) < 4.78 is 39.6. The quantitative estimate of drug-likeness (QED) is 0.146. The van der Waals surface area contributed by atoms with Crippen LogP contribution in [0.4, 0.5) is 0 Å². The number of aliphatic carboxylic acids is 1. The molecule has 0 bridgehead atoms. The van der Waals surface area contributed by atoms with E-state index in [0.29, 0.717) is 80.0 Å². The molecule has 12 nitrogen and oxygen atoms in total. The summed E-state index contributed by atoms with van der Waals surface area (Å²) in [6.07, 6.45) is 4.49. The molecule has 2 aliphatic heterocycles. The van der Waals surface area contributed by atoms with E-state index in [2.05, 4.69) is 17.0 Å². The van der Waals surface area contributed by atoms with E-state index in [1.807, 2.05) is 42.5 Å². The Morgan fingerprint density at radius 1 is 0.855 bits per heavy atom. The SMILES string of the molecule is COc1ccc(C2CC[N@+](CCCc3cccc(OCCN4CCOCC4)c3)(C(=O)[C@@H](CC3CC3)c3cc(OC)c(OC)c(OC)c3)[C@H]2C(=O)O)cc1OC. The molecular weight excluding hydrogens is 704 g/mol. The van der Waals surface area contributed by atoms with Crippen molar-refractivity contribution >= 4 is 11.9 Å². The first-order chi connectivity index (χ1) is 26.7. The molecule has 3 aromatic rings. The van der Waals surface area contributed by atoms with Crippen molar-refractivity contribution in [1.29, 1.82) is 0 Å². The van der Waals surface area contributed by atoms with Crippen molar-refractivity contribution in [3.05, 3.63) is 71.3 Å². The monoisotopic (exact) mass is 761 g/mol. The predicted molar refractivity (Wildman–Crippen MR) is 207 cm³/mol. The molecule has 4 atom stereocenters. The molecule has 1 aliphatic carbocycles. The molecule has 55 heavy (non-hydrogen) atoms. The summed E-state index contributed by atoms with van der Waals surface area (Å²) in [5.41, 5.74) is 2.63. The maximum absolute atomic E-state index is 15.6. The zero-order chi connectivity index (χ0) is 39.0. The maximum atomic E-state index is 15.6. The third kappa shape index (κ3) is 9.14. The lowest BCUT2D eigenvalue weighted by atomic mass is 9.87. The van der Waals surface area contributed by atoms with Crippen molar-refractivity contribution < 1.29 is 52.3 Å². The minimum absolute atomic E-state index is 0.0863. The number of carbonyl (C=O) groups is 2. The first kappa shape index (κ1) is 40.2. The minimum Gasteiger partial charge on any atom is -0.493 e. The molecule has 3 fully saturated rings. The van der Waals surface area contributed by atoms with Gasteiger partial charge in [0, 0.05) is 32.5 Å². The van der Waals surface area contributed by atoms with E-state index in [4.69, 9.17) is 33.2 Å². The molecule has 2 heterocycles. The van der Waals surface area contributed by atoms with Gasteiger partial charge < -0.3 is 38.3 Å². The Labute approximate surface area is 324 Å². The number of hydrogen-bond acceptors (Lipinski definition) is 10. The van der Waals surface area contributed by atoms with Gasteiger partial charge in [0.2, 0.25) is 11.8 Å². The lowest BCUT2D eigenvalue weighted by molar-refractivity contribution is -0.860. The second-order valence-corrected chi connectivity index (χ2v) is 14.9. The number of methoxy groups -OCH3 is 5. The Morgan fingerprint density at radius 2 is 1.56 bits per heavy atom. The Kier molecular flexibility index (Phi) is 13.4. The van der Waals surface area contributed by atoms with Crippen molar-refractivity contribution in [3.63, 3.8) is 0 Å². The highest BCUT2D eigenvalue weighted by molar-refractivity contribution is 5.84. The number of benzene rings is 3. The zero-order valence-corrected chi connectivity index (χ0v) is 32.9. The van der Waals surface area contributed by atoms with Crippen molar-refractivity contribution in [3.8, 4) is 34.5 Å². The summed E-state index contributed by atoms with van der Waals surface area (Å²) >= 11 is 0. The number of likely N-dealkylation sites (tertiary alicyclic amines) is 1. The van der Waals surface area contributed by atoms with Crippen LogP contribution in [0, 0.1) is 5.92 Å². The smallest absolute Gasteiger partial charge is 0.363 e. The maximum Gasteiger partial charge on any atom is 0.363 e.